The first-order chi connectivity index (χ1) is 14.9. The van der Waals surface area contributed by atoms with Crippen LogP contribution in [0.3, 0.4) is 0 Å². The highest BCUT2D eigenvalue weighted by Crippen LogP contribution is 2.29. The Labute approximate surface area is 182 Å². The summed E-state index contributed by atoms with van der Waals surface area (Å²) in [5, 5.41) is 11.7. The molecule has 1 aromatic heterocycles. The Morgan fingerprint density at radius 2 is 2.06 bits per heavy atom. The average molecular weight is 442 g/mol. The summed E-state index contributed by atoms with van der Waals surface area (Å²) in [5.41, 5.74) is 0.974. The number of rotatable bonds is 9. The van der Waals surface area contributed by atoms with Gasteiger partial charge in [-0.3, -0.25) is 19.7 Å². The van der Waals surface area contributed by atoms with Crippen LogP contribution >= 0.6 is 11.8 Å². The number of fused-ring (bicyclic) bond motifs is 1. The van der Waals surface area contributed by atoms with Crippen LogP contribution in [0.4, 0.5) is 5.69 Å². The number of benzene rings is 2. The van der Waals surface area contributed by atoms with Crippen molar-refractivity contribution in [3.05, 3.63) is 74.3 Å². The number of thioether (sulfide) groups is 1. The third-order valence-corrected chi connectivity index (χ3v) is 5.66. The van der Waals surface area contributed by atoms with Gasteiger partial charge in [-0.1, -0.05) is 18.2 Å². The van der Waals surface area contributed by atoms with Crippen LogP contribution in [-0.4, -0.2) is 45.1 Å². The Morgan fingerprint density at radius 1 is 1.29 bits per heavy atom. The molecular formula is C21H22N4O5S. The van der Waals surface area contributed by atoms with Crippen molar-refractivity contribution in [1.82, 2.24) is 14.9 Å². The van der Waals surface area contributed by atoms with E-state index in [2.05, 4.69) is 9.97 Å². The van der Waals surface area contributed by atoms with E-state index >= 15 is 0 Å². The Hall–Kier alpha value is -3.40. The fourth-order valence-corrected chi connectivity index (χ4v) is 3.96. The molecule has 3 aromatic rings. The summed E-state index contributed by atoms with van der Waals surface area (Å²) in [4.78, 5) is 44.3. The Morgan fingerprint density at radius 3 is 2.77 bits per heavy atom. The van der Waals surface area contributed by atoms with Crippen molar-refractivity contribution in [3.63, 3.8) is 0 Å². The highest BCUT2D eigenvalue weighted by Gasteiger charge is 2.17. The Balaban J connectivity index is 1.62. The summed E-state index contributed by atoms with van der Waals surface area (Å²) in [6, 6.07) is 11.8. The van der Waals surface area contributed by atoms with Crippen molar-refractivity contribution in [2.45, 2.75) is 19.2 Å². The highest BCUT2D eigenvalue weighted by atomic mass is 32.2. The number of methoxy groups -OCH3 is 1. The van der Waals surface area contributed by atoms with Gasteiger partial charge in [0.05, 0.1) is 35.2 Å². The van der Waals surface area contributed by atoms with Crippen molar-refractivity contribution < 1.29 is 14.5 Å². The van der Waals surface area contributed by atoms with Gasteiger partial charge in [-0.05, 0) is 30.7 Å². The van der Waals surface area contributed by atoms with Gasteiger partial charge in [-0.2, -0.15) is 0 Å². The van der Waals surface area contributed by atoms with Crippen LogP contribution in [0.2, 0.25) is 0 Å². The van der Waals surface area contributed by atoms with Gasteiger partial charge < -0.3 is 14.6 Å². The number of H-pyrrole nitrogens is 1. The molecule has 0 saturated heterocycles. The summed E-state index contributed by atoms with van der Waals surface area (Å²) in [6.07, 6.45) is 0. The van der Waals surface area contributed by atoms with Crippen molar-refractivity contribution in [2.24, 2.45) is 0 Å². The summed E-state index contributed by atoms with van der Waals surface area (Å²) < 4.78 is 5.00. The van der Waals surface area contributed by atoms with Gasteiger partial charge in [0.1, 0.15) is 5.82 Å². The topological polar surface area (TPSA) is 118 Å². The molecule has 1 N–H and O–H groups in total. The number of carbonyl (C=O) groups excluding carboxylic acids is 1. The molecule has 3 rings (SSSR count). The quantitative estimate of drug-likeness (QED) is 0.399. The van der Waals surface area contributed by atoms with Gasteiger partial charge >= 0.3 is 5.69 Å². The summed E-state index contributed by atoms with van der Waals surface area (Å²) in [6.45, 7) is 2.52. The number of hydrogen-bond acceptors (Lipinski definition) is 7. The van der Waals surface area contributed by atoms with E-state index in [1.165, 1.54) is 24.9 Å². The molecule has 0 fully saturated rings. The molecular weight excluding hydrogens is 420 g/mol. The first kappa shape index (κ1) is 22.3. The maximum atomic E-state index is 12.7. The van der Waals surface area contributed by atoms with Gasteiger partial charge in [0.25, 0.3) is 5.56 Å². The largest absolute Gasteiger partial charge is 0.490 e. The van der Waals surface area contributed by atoms with E-state index in [4.69, 9.17) is 4.74 Å². The lowest BCUT2D eigenvalue weighted by molar-refractivity contribution is -0.385. The van der Waals surface area contributed by atoms with Gasteiger partial charge in [-0.15, -0.1) is 11.8 Å². The van der Waals surface area contributed by atoms with Gasteiger partial charge in [0, 0.05) is 18.4 Å². The number of nitro groups is 1. The molecule has 0 spiro atoms. The number of ether oxygens (including phenoxy) is 1. The molecule has 0 bridgehead atoms. The predicted octanol–water partition coefficient (Wildman–Crippen LogP) is 3.12. The zero-order valence-corrected chi connectivity index (χ0v) is 18.0. The number of aromatic amines is 1. The first-order valence-electron chi connectivity index (χ1n) is 9.57. The lowest BCUT2D eigenvalue weighted by atomic mass is 10.2. The molecule has 9 nitrogen and oxygen atoms in total. The van der Waals surface area contributed by atoms with Crippen LogP contribution in [-0.2, 0) is 17.1 Å². The molecule has 2 aromatic carbocycles. The van der Waals surface area contributed by atoms with E-state index in [0.29, 0.717) is 29.0 Å². The summed E-state index contributed by atoms with van der Waals surface area (Å²) in [7, 11) is 1.38. The zero-order valence-electron chi connectivity index (χ0n) is 17.2. The van der Waals surface area contributed by atoms with Crippen molar-refractivity contribution in [3.8, 4) is 5.75 Å². The maximum absolute atomic E-state index is 12.7. The third-order valence-electron chi connectivity index (χ3n) is 4.67. The highest BCUT2D eigenvalue weighted by molar-refractivity contribution is 7.99. The molecule has 31 heavy (non-hydrogen) atoms. The second-order valence-corrected chi connectivity index (χ2v) is 7.68. The SMILES string of the molecule is CCN(Cc1nc2ccccc2c(=O)[nH]1)C(=O)CSCc1ccc(OC)c([N+](=O)[O-])c1. The van der Waals surface area contributed by atoms with E-state index in [-0.39, 0.29) is 35.2 Å². The predicted molar refractivity (Wildman–Crippen MR) is 119 cm³/mol. The number of carbonyl (C=O) groups is 1. The molecule has 0 aliphatic carbocycles. The zero-order chi connectivity index (χ0) is 22.4. The van der Waals surface area contributed by atoms with E-state index < -0.39 is 4.92 Å². The molecule has 1 amide bonds. The minimum Gasteiger partial charge on any atom is -0.490 e. The lowest BCUT2D eigenvalue weighted by Gasteiger charge is -2.20. The second-order valence-electron chi connectivity index (χ2n) is 6.69. The average Bonchev–Trinajstić information content (AvgIpc) is 2.77. The van der Waals surface area contributed by atoms with Crippen molar-refractivity contribution in [2.75, 3.05) is 19.4 Å². The van der Waals surface area contributed by atoms with Crippen LogP contribution in [0.15, 0.2) is 47.3 Å². The normalized spacial score (nSPS) is 10.8. The Bertz CT molecular complexity index is 1160. The fraction of sp³-hybridized carbons (Fsp3) is 0.286. The van der Waals surface area contributed by atoms with Crippen LogP contribution in [0.1, 0.15) is 18.3 Å². The van der Waals surface area contributed by atoms with Crippen LogP contribution in [0, 0.1) is 10.1 Å². The lowest BCUT2D eigenvalue weighted by Crippen LogP contribution is -2.33. The maximum Gasteiger partial charge on any atom is 0.311 e. The Kier molecular flexibility index (Phi) is 7.24. The van der Waals surface area contributed by atoms with Gasteiger partial charge in [0.15, 0.2) is 5.75 Å². The van der Waals surface area contributed by atoms with E-state index in [1.54, 1.807) is 41.3 Å². The number of nitrogens with zero attached hydrogens (tertiary/aromatic N) is 3. The number of aromatic nitrogens is 2. The standard InChI is InChI=1S/C21H22N4O5S/c1-3-24(11-19-22-16-7-5-4-6-15(16)21(27)23-19)20(26)13-31-12-14-8-9-18(30-2)17(10-14)25(28)29/h4-10H,3,11-13H2,1-2H3,(H,22,23,27). The van der Waals surface area contributed by atoms with Crippen LogP contribution < -0.4 is 10.3 Å². The molecule has 0 aliphatic rings. The summed E-state index contributed by atoms with van der Waals surface area (Å²) in [5.74, 6) is 1.16. The molecule has 0 aliphatic heterocycles. The summed E-state index contributed by atoms with van der Waals surface area (Å²) >= 11 is 1.36. The van der Waals surface area contributed by atoms with Gasteiger partial charge in [-0.25, -0.2) is 4.98 Å². The monoisotopic (exact) mass is 442 g/mol. The van der Waals surface area contributed by atoms with E-state index in [1.807, 2.05) is 6.92 Å². The number of nitro benzene ring substituents is 1. The molecule has 10 heteroatoms. The first-order valence-corrected chi connectivity index (χ1v) is 10.7. The minimum absolute atomic E-state index is 0.103. The van der Waals surface area contributed by atoms with E-state index in [9.17, 15) is 19.7 Å². The van der Waals surface area contributed by atoms with E-state index in [0.717, 1.165) is 5.56 Å². The number of amides is 1. The minimum atomic E-state index is -0.492. The third kappa shape index (κ3) is 5.40. The molecule has 162 valence electrons. The number of nitrogens with one attached hydrogen (secondary N) is 1. The van der Waals surface area contributed by atoms with Crippen LogP contribution in [0.25, 0.3) is 10.9 Å². The number of para-hydroxylation sites is 1. The van der Waals surface area contributed by atoms with Crippen LogP contribution in [0.5, 0.6) is 5.75 Å². The van der Waals surface area contributed by atoms with Crippen molar-refractivity contribution in [1.29, 1.82) is 0 Å². The second kappa shape index (κ2) is 10.1. The van der Waals surface area contributed by atoms with Gasteiger partial charge in [0.2, 0.25) is 5.91 Å². The molecule has 0 unspecified atom stereocenters. The molecule has 0 atom stereocenters. The molecule has 1 heterocycles. The smallest absolute Gasteiger partial charge is 0.311 e. The number of hydrogen-bond donors (Lipinski definition) is 1. The fourth-order valence-electron chi connectivity index (χ4n) is 3.08. The van der Waals surface area contributed by atoms with Crippen molar-refractivity contribution >= 4 is 34.3 Å². The molecule has 0 radical (unpaired) electrons. The molecule has 0 saturated carbocycles.